The van der Waals surface area contributed by atoms with E-state index in [2.05, 4.69) is 39.3 Å². The van der Waals surface area contributed by atoms with Gasteiger partial charge in [-0.1, -0.05) is 22.0 Å². The van der Waals surface area contributed by atoms with Crippen LogP contribution in [-0.2, 0) is 0 Å². The van der Waals surface area contributed by atoms with Gasteiger partial charge in [0.25, 0.3) is 5.89 Å². The molecule has 0 aliphatic carbocycles. The van der Waals surface area contributed by atoms with Crippen LogP contribution in [0.2, 0.25) is 5.15 Å². The van der Waals surface area contributed by atoms with Gasteiger partial charge in [0.1, 0.15) is 10.7 Å². The molecule has 0 unspecified atom stereocenters. The largest absolute Gasteiger partial charge is 0.334 e. The first-order valence-corrected chi connectivity index (χ1v) is 7.81. The number of rotatable bonds is 3. The Kier molecular flexibility index (Phi) is 3.50. The minimum Gasteiger partial charge on any atom is -0.334 e. The molecule has 0 saturated heterocycles. The quantitative estimate of drug-likeness (QED) is 0.528. The molecule has 3 aromatic heterocycles. The molecule has 4 aromatic rings. The zero-order valence-corrected chi connectivity index (χ0v) is 13.8. The van der Waals surface area contributed by atoms with Gasteiger partial charge >= 0.3 is 0 Å². The van der Waals surface area contributed by atoms with Crippen molar-refractivity contribution in [1.82, 2.24) is 30.1 Å². The summed E-state index contributed by atoms with van der Waals surface area (Å²) < 4.78 is 7.23. The number of pyridine rings is 1. The normalized spacial score (nSPS) is 11.5. The third kappa shape index (κ3) is 2.43. The van der Waals surface area contributed by atoms with Gasteiger partial charge in [0.05, 0.1) is 11.1 Å². The summed E-state index contributed by atoms with van der Waals surface area (Å²) in [5, 5.41) is 12.7. The second kappa shape index (κ2) is 5.68. The zero-order valence-electron chi connectivity index (χ0n) is 13.0. The molecule has 1 aromatic carbocycles. The maximum absolute atomic E-state index is 6.07. The second-order valence-corrected chi connectivity index (χ2v) is 5.95. The molecule has 0 aliphatic rings. The van der Waals surface area contributed by atoms with Crippen LogP contribution >= 0.6 is 11.6 Å². The Morgan fingerprint density at radius 2 is 2.08 bits per heavy atom. The average Bonchev–Trinajstić information content (AvgIpc) is 3.21. The van der Waals surface area contributed by atoms with Crippen LogP contribution in [-0.4, -0.2) is 30.1 Å². The predicted octanol–water partition coefficient (Wildman–Crippen LogP) is 3.78. The van der Waals surface area contributed by atoms with E-state index in [1.807, 2.05) is 22.9 Å². The first-order valence-electron chi connectivity index (χ1n) is 7.43. The van der Waals surface area contributed by atoms with Crippen LogP contribution in [0.25, 0.3) is 33.9 Å². The van der Waals surface area contributed by atoms with Gasteiger partial charge in [0, 0.05) is 17.8 Å². The van der Waals surface area contributed by atoms with Crippen LogP contribution in [0.1, 0.15) is 19.9 Å². The van der Waals surface area contributed by atoms with E-state index in [4.69, 9.17) is 16.1 Å². The van der Waals surface area contributed by atoms with Gasteiger partial charge in [0.15, 0.2) is 0 Å². The number of nitrogens with zero attached hydrogens (tertiary/aromatic N) is 6. The summed E-state index contributed by atoms with van der Waals surface area (Å²) in [7, 11) is 0. The number of fused-ring (bicyclic) bond motifs is 1. The summed E-state index contributed by atoms with van der Waals surface area (Å²) in [5.41, 5.74) is 3.14. The summed E-state index contributed by atoms with van der Waals surface area (Å²) >= 11 is 6.07. The van der Waals surface area contributed by atoms with Crippen molar-refractivity contribution < 1.29 is 4.52 Å². The van der Waals surface area contributed by atoms with Crippen molar-refractivity contribution in [3.05, 3.63) is 41.7 Å². The maximum atomic E-state index is 6.07. The number of hydrogen-bond acceptors (Lipinski definition) is 6. The van der Waals surface area contributed by atoms with E-state index < -0.39 is 0 Å². The van der Waals surface area contributed by atoms with E-state index in [-0.39, 0.29) is 6.04 Å². The molecule has 0 bridgehead atoms. The van der Waals surface area contributed by atoms with Gasteiger partial charge in [-0.2, -0.15) is 4.98 Å². The van der Waals surface area contributed by atoms with Gasteiger partial charge in [-0.05, 0) is 44.2 Å². The van der Waals surface area contributed by atoms with E-state index in [0.717, 1.165) is 16.6 Å². The SMILES string of the molecule is CC(C)n1nnc2cc(-c3nc(-c4cccnc4Cl)no3)ccc21. The fraction of sp³-hybridized carbons (Fsp3) is 0.188. The monoisotopic (exact) mass is 340 g/mol. The van der Waals surface area contributed by atoms with Gasteiger partial charge in [-0.25, -0.2) is 9.67 Å². The Morgan fingerprint density at radius 1 is 1.21 bits per heavy atom. The number of halogens is 1. The van der Waals surface area contributed by atoms with Crippen LogP contribution in [0.15, 0.2) is 41.1 Å². The van der Waals surface area contributed by atoms with E-state index in [9.17, 15) is 0 Å². The third-order valence-corrected chi connectivity index (χ3v) is 3.93. The molecule has 7 nitrogen and oxygen atoms in total. The molecular weight excluding hydrogens is 328 g/mol. The van der Waals surface area contributed by atoms with E-state index in [1.165, 1.54) is 0 Å². The van der Waals surface area contributed by atoms with E-state index in [0.29, 0.717) is 22.4 Å². The van der Waals surface area contributed by atoms with Crippen molar-refractivity contribution in [3.8, 4) is 22.8 Å². The fourth-order valence-corrected chi connectivity index (χ4v) is 2.66. The van der Waals surface area contributed by atoms with Crippen molar-refractivity contribution in [1.29, 1.82) is 0 Å². The number of aromatic nitrogens is 6. The Morgan fingerprint density at radius 3 is 2.88 bits per heavy atom. The minimum atomic E-state index is 0.239. The van der Waals surface area contributed by atoms with Crippen molar-refractivity contribution in [2.75, 3.05) is 0 Å². The van der Waals surface area contributed by atoms with Crippen LogP contribution < -0.4 is 0 Å². The lowest BCUT2D eigenvalue weighted by Crippen LogP contribution is -2.02. The molecule has 3 heterocycles. The third-order valence-electron chi connectivity index (χ3n) is 3.63. The highest BCUT2D eigenvalue weighted by Crippen LogP contribution is 2.27. The van der Waals surface area contributed by atoms with Crippen LogP contribution in [0.4, 0.5) is 0 Å². The summed E-state index contributed by atoms with van der Waals surface area (Å²) in [6.45, 7) is 4.12. The topological polar surface area (TPSA) is 82.5 Å². The molecule has 24 heavy (non-hydrogen) atoms. The van der Waals surface area contributed by atoms with Crippen molar-refractivity contribution in [3.63, 3.8) is 0 Å². The first kappa shape index (κ1) is 14.8. The van der Waals surface area contributed by atoms with Gasteiger partial charge in [-0.3, -0.25) is 0 Å². The van der Waals surface area contributed by atoms with E-state index in [1.54, 1.807) is 18.3 Å². The highest BCUT2D eigenvalue weighted by atomic mass is 35.5. The van der Waals surface area contributed by atoms with Crippen LogP contribution in [0, 0.1) is 0 Å². The van der Waals surface area contributed by atoms with Crippen LogP contribution in [0.3, 0.4) is 0 Å². The Labute approximate surface area is 142 Å². The molecule has 0 radical (unpaired) electrons. The molecule has 0 N–H and O–H groups in total. The molecule has 0 saturated carbocycles. The number of benzene rings is 1. The maximum Gasteiger partial charge on any atom is 0.258 e. The summed E-state index contributed by atoms with van der Waals surface area (Å²) in [6, 6.07) is 9.54. The second-order valence-electron chi connectivity index (χ2n) is 5.60. The molecule has 0 spiro atoms. The lowest BCUT2D eigenvalue weighted by Gasteiger charge is -2.04. The lowest BCUT2D eigenvalue weighted by atomic mass is 10.2. The Bertz CT molecular complexity index is 1020. The molecular formula is C16H13ClN6O. The highest BCUT2D eigenvalue weighted by Gasteiger charge is 2.15. The standard InChI is InChI=1S/C16H13ClN6O/c1-9(2)23-13-6-5-10(8-12(13)20-22-23)16-19-15(21-24-16)11-4-3-7-18-14(11)17/h3-9H,1-2H3. The molecule has 0 amide bonds. The van der Waals surface area contributed by atoms with Gasteiger partial charge in [-0.15, -0.1) is 5.10 Å². The minimum absolute atomic E-state index is 0.239. The molecule has 4 rings (SSSR count). The Hall–Kier alpha value is -2.80. The van der Waals surface area contributed by atoms with Crippen molar-refractivity contribution in [2.45, 2.75) is 19.9 Å². The smallest absolute Gasteiger partial charge is 0.258 e. The van der Waals surface area contributed by atoms with Crippen molar-refractivity contribution in [2.24, 2.45) is 0 Å². The molecule has 0 aliphatic heterocycles. The van der Waals surface area contributed by atoms with Gasteiger partial charge in [0.2, 0.25) is 5.82 Å². The first-order chi connectivity index (χ1) is 11.6. The van der Waals surface area contributed by atoms with Gasteiger partial charge < -0.3 is 4.52 Å². The predicted molar refractivity (Wildman–Crippen MR) is 89.4 cm³/mol. The van der Waals surface area contributed by atoms with Crippen molar-refractivity contribution >= 4 is 22.6 Å². The average molecular weight is 341 g/mol. The zero-order chi connectivity index (χ0) is 16.7. The molecule has 0 fully saturated rings. The summed E-state index contributed by atoms with van der Waals surface area (Å²) in [5.74, 6) is 0.792. The highest BCUT2D eigenvalue weighted by molar-refractivity contribution is 6.31. The van der Waals surface area contributed by atoms with E-state index >= 15 is 0 Å². The Balaban J connectivity index is 1.75. The lowest BCUT2D eigenvalue weighted by molar-refractivity contribution is 0.432. The molecule has 120 valence electrons. The molecule has 0 atom stereocenters. The van der Waals surface area contributed by atoms with Crippen LogP contribution in [0.5, 0.6) is 0 Å². The summed E-state index contributed by atoms with van der Waals surface area (Å²) in [6.07, 6.45) is 1.61. The summed E-state index contributed by atoms with van der Waals surface area (Å²) in [4.78, 5) is 8.42. The number of hydrogen-bond donors (Lipinski definition) is 0. The fourth-order valence-electron chi connectivity index (χ4n) is 2.46. The molecule has 8 heteroatoms.